The van der Waals surface area contributed by atoms with Crippen LogP contribution in [0, 0.1) is 12.8 Å². The largest absolute Gasteiger partial charge is 0.372 e. The van der Waals surface area contributed by atoms with Gasteiger partial charge in [0.1, 0.15) is 12.0 Å². The van der Waals surface area contributed by atoms with E-state index in [-0.39, 0.29) is 18.1 Å². The number of ether oxygens (including phenoxy) is 1. The molecule has 0 saturated carbocycles. The van der Waals surface area contributed by atoms with Crippen LogP contribution >= 0.6 is 0 Å². The van der Waals surface area contributed by atoms with Crippen molar-refractivity contribution in [2.45, 2.75) is 32.0 Å². The molecule has 0 aliphatic carbocycles. The van der Waals surface area contributed by atoms with Gasteiger partial charge >= 0.3 is 0 Å². The average molecular weight is 315 g/mol. The third kappa shape index (κ3) is 2.81. The molecule has 2 fully saturated rings. The Morgan fingerprint density at radius 1 is 1.43 bits per heavy atom. The summed E-state index contributed by atoms with van der Waals surface area (Å²) in [5, 5.41) is 3.79. The predicted molar refractivity (Wildman–Crippen MR) is 77.4 cm³/mol. The first-order valence-electron chi connectivity index (χ1n) is 7.69. The molecule has 23 heavy (non-hydrogen) atoms. The lowest BCUT2D eigenvalue weighted by molar-refractivity contribution is 0.0329. The van der Waals surface area contributed by atoms with E-state index in [0.717, 1.165) is 6.42 Å². The monoisotopic (exact) mass is 315 g/mol. The first-order chi connectivity index (χ1) is 11.2. The number of aromatic nitrogens is 4. The topological polar surface area (TPSA) is 94.2 Å². The zero-order chi connectivity index (χ0) is 15.8. The third-order valence-electron chi connectivity index (χ3n) is 4.37. The second kappa shape index (κ2) is 5.69. The van der Waals surface area contributed by atoms with Crippen LogP contribution in [-0.4, -0.2) is 56.2 Å². The van der Waals surface area contributed by atoms with E-state index in [4.69, 9.17) is 9.26 Å². The maximum absolute atomic E-state index is 12.4. The minimum atomic E-state index is -0.0607. The van der Waals surface area contributed by atoms with Crippen LogP contribution in [0.3, 0.4) is 0 Å². The summed E-state index contributed by atoms with van der Waals surface area (Å²) in [5.74, 6) is 1.55. The van der Waals surface area contributed by atoms with E-state index in [2.05, 4.69) is 20.1 Å². The summed E-state index contributed by atoms with van der Waals surface area (Å²) in [6.45, 7) is 3.10. The van der Waals surface area contributed by atoms with Crippen LogP contribution in [0.4, 0.5) is 0 Å². The van der Waals surface area contributed by atoms with E-state index in [0.29, 0.717) is 42.8 Å². The molecule has 2 aliphatic heterocycles. The maximum atomic E-state index is 12.4. The van der Waals surface area contributed by atoms with Crippen molar-refractivity contribution < 1.29 is 14.1 Å². The molecule has 0 radical (unpaired) electrons. The number of likely N-dealkylation sites (tertiary alicyclic amines) is 1. The molecule has 4 rings (SSSR count). The van der Waals surface area contributed by atoms with Crippen molar-refractivity contribution in [2.75, 3.05) is 13.1 Å². The molecule has 2 aliphatic rings. The SMILES string of the molecule is Cc1noc(C[C@H]2C[C@H]3CN(C(=O)c4ccncn4)C[C@H]3O2)n1. The Kier molecular flexibility index (Phi) is 3.53. The fourth-order valence-corrected chi connectivity index (χ4v) is 3.36. The maximum Gasteiger partial charge on any atom is 0.272 e. The van der Waals surface area contributed by atoms with Gasteiger partial charge in [-0.3, -0.25) is 4.79 Å². The van der Waals surface area contributed by atoms with Crippen molar-refractivity contribution in [3.63, 3.8) is 0 Å². The van der Waals surface area contributed by atoms with E-state index in [1.165, 1.54) is 6.33 Å². The van der Waals surface area contributed by atoms with Gasteiger partial charge in [-0.05, 0) is 19.4 Å². The molecular formula is C15H17N5O3. The van der Waals surface area contributed by atoms with Crippen LogP contribution in [0.15, 0.2) is 23.1 Å². The average Bonchev–Trinajstić information content (AvgIpc) is 3.22. The molecular weight excluding hydrogens is 298 g/mol. The first kappa shape index (κ1) is 14.3. The number of carbonyl (C=O) groups excluding carboxylic acids is 1. The molecule has 0 N–H and O–H groups in total. The lowest BCUT2D eigenvalue weighted by atomic mass is 10.0. The van der Waals surface area contributed by atoms with E-state index < -0.39 is 0 Å². The lowest BCUT2D eigenvalue weighted by Crippen LogP contribution is -2.32. The van der Waals surface area contributed by atoms with Crippen molar-refractivity contribution in [3.05, 3.63) is 36.0 Å². The first-order valence-corrected chi connectivity index (χ1v) is 7.69. The van der Waals surface area contributed by atoms with Crippen LogP contribution in [0.1, 0.15) is 28.6 Å². The normalized spacial score (nSPS) is 26.5. The van der Waals surface area contributed by atoms with Crippen molar-refractivity contribution >= 4 is 5.91 Å². The number of nitrogens with zero attached hydrogens (tertiary/aromatic N) is 5. The number of fused-ring (bicyclic) bond motifs is 1. The van der Waals surface area contributed by atoms with Crippen molar-refractivity contribution in [3.8, 4) is 0 Å². The molecule has 8 heteroatoms. The molecule has 0 aromatic carbocycles. The summed E-state index contributed by atoms with van der Waals surface area (Å²) in [4.78, 5) is 26.3. The Labute approximate surface area is 132 Å². The molecule has 120 valence electrons. The van der Waals surface area contributed by atoms with Crippen molar-refractivity contribution in [2.24, 2.45) is 5.92 Å². The Hall–Kier alpha value is -2.35. The summed E-state index contributed by atoms with van der Waals surface area (Å²) in [5.41, 5.74) is 0.429. The molecule has 2 aromatic heterocycles. The summed E-state index contributed by atoms with van der Waals surface area (Å²) < 4.78 is 11.2. The number of hydrogen-bond donors (Lipinski definition) is 0. The van der Waals surface area contributed by atoms with Crippen LogP contribution in [-0.2, 0) is 11.2 Å². The number of hydrogen-bond acceptors (Lipinski definition) is 7. The van der Waals surface area contributed by atoms with Gasteiger partial charge in [0.2, 0.25) is 5.89 Å². The summed E-state index contributed by atoms with van der Waals surface area (Å²) in [6, 6.07) is 1.64. The molecule has 4 heterocycles. The standard InChI is InChI=1S/C15H17N5O3/c1-9-18-14(23-19-9)5-11-4-10-6-20(7-13(10)22-11)15(21)12-2-3-16-8-17-12/h2-3,8,10-11,13H,4-7H2,1H3/t10-,11+,13+/m0/s1. The van der Waals surface area contributed by atoms with Crippen LogP contribution in [0.5, 0.6) is 0 Å². The second-order valence-corrected chi connectivity index (χ2v) is 6.04. The number of aryl methyl sites for hydroxylation is 1. The third-order valence-corrected chi connectivity index (χ3v) is 4.37. The van der Waals surface area contributed by atoms with Crippen LogP contribution in [0.25, 0.3) is 0 Å². The summed E-state index contributed by atoms with van der Waals surface area (Å²) in [7, 11) is 0. The second-order valence-electron chi connectivity index (χ2n) is 6.04. The molecule has 0 unspecified atom stereocenters. The highest BCUT2D eigenvalue weighted by atomic mass is 16.5. The Morgan fingerprint density at radius 3 is 3.04 bits per heavy atom. The van der Waals surface area contributed by atoms with Gasteiger partial charge in [-0.2, -0.15) is 4.98 Å². The zero-order valence-electron chi connectivity index (χ0n) is 12.8. The molecule has 0 spiro atoms. The fraction of sp³-hybridized carbons (Fsp3) is 0.533. The minimum Gasteiger partial charge on any atom is -0.372 e. The van der Waals surface area contributed by atoms with Gasteiger partial charge in [0.05, 0.1) is 18.6 Å². The number of amides is 1. The smallest absolute Gasteiger partial charge is 0.272 e. The van der Waals surface area contributed by atoms with E-state index in [1.54, 1.807) is 19.2 Å². The number of rotatable bonds is 3. The molecule has 0 bridgehead atoms. The predicted octanol–water partition coefficient (Wildman–Crippen LogP) is 0.640. The van der Waals surface area contributed by atoms with Gasteiger partial charge in [0.15, 0.2) is 5.82 Å². The van der Waals surface area contributed by atoms with Crippen molar-refractivity contribution in [1.29, 1.82) is 0 Å². The number of carbonyl (C=O) groups is 1. The van der Waals surface area contributed by atoms with Gasteiger partial charge < -0.3 is 14.2 Å². The molecule has 8 nitrogen and oxygen atoms in total. The van der Waals surface area contributed by atoms with Gasteiger partial charge in [0.25, 0.3) is 5.91 Å². The minimum absolute atomic E-state index is 0.0607. The van der Waals surface area contributed by atoms with E-state index >= 15 is 0 Å². The molecule has 3 atom stereocenters. The van der Waals surface area contributed by atoms with E-state index in [1.807, 2.05) is 4.90 Å². The summed E-state index contributed by atoms with van der Waals surface area (Å²) in [6.07, 6.45) is 4.67. The van der Waals surface area contributed by atoms with Crippen LogP contribution < -0.4 is 0 Å². The van der Waals surface area contributed by atoms with Gasteiger partial charge in [0, 0.05) is 25.2 Å². The van der Waals surface area contributed by atoms with Gasteiger partial charge in [-0.25, -0.2) is 9.97 Å². The molecule has 2 saturated heterocycles. The Balaban J connectivity index is 1.36. The van der Waals surface area contributed by atoms with Crippen LogP contribution in [0.2, 0.25) is 0 Å². The lowest BCUT2D eigenvalue weighted by Gasteiger charge is -2.18. The highest BCUT2D eigenvalue weighted by Gasteiger charge is 2.44. The summed E-state index contributed by atoms with van der Waals surface area (Å²) >= 11 is 0. The van der Waals surface area contributed by atoms with E-state index in [9.17, 15) is 4.79 Å². The van der Waals surface area contributed by atoms with Crippen molar-refractivity contribution in [1.82, 2.24) is 25.0 Å². The molecule has 2 aromatic rings. The van der Waals surface area contributed by atoms with Gasteiger partial charge in [-0.15, -0.1) is 0 Å². The quantitative estimate of drug-likeness (QED) is 0.820. The fourth-order valence-electron chi connectivity index (χ4n) is 3.36. The molecule has 1 amide bonds. The highest BCUT2D eigenvalue weighted by molar-refractivity contribution is 5.92. The Bertz CT molecular complexity index is 690. The Morgan fingerprint density at radius 2 is 2.35 bits per heavy atom. The van der Waals surface area contributed by atoms with Gasteiger partial charge in [-0.1, -0.05) is 5.16 Å². The highest BCUT2D eigenvalue weighted by Crippen LogP contribution is 2.34. The zero-order valence-corrected chi connectivity index (χ0v) is 12.8.